The van der Waals surface area contributed by atoms with Gasteiger partial charge in [0, 0.05) is 63.3 Å². The Kier molecular flexibility index (Phi) is 11.4. The second-order valence-electron chi connectivity index (χ2n) is 16.0. The number of anilines is 9. The highest BCUT2D eigenvalue weighted by molar-refractivity contribution is 5.88. The van der Waals surface area contributed by atoms with E-state index in [2.05, 4.69) is 293 Å². The Labute approximate surface area is 377 Å². The molecule has 4 heteroatoms. The van der Waals surface area contributed by atoms with Crippen LogP contribution in [0.5, 0.6) is 0 Å². The first-order valence-corrected chi connectivity index (χ1v) is 21.9. The van der Waals surface area contributed by atoms with Gasteiger partial charge >= 0.3 is 0 Å². The number of nitrogens with one attached hydrogen (secondary N) is 1. The van der Waals surface area contributed by atoms with Gasteiger partial charge in [0.25, 0.3) is 0 Å². The second-order valence-corrected chi connectivity index (χ2v) is 16.0. The van der Waals surface area contributed by atoms with Gasteiger partial charge in [0.05, 0.1) is 5.54 Å². The quantitative estimate of drug-likeness (QED) is 0.125. The second kappa shape index (κ2) is 18.3. The standard InChI is InChI=1S/C60H48N4/c1-9-25-49(26-10-1)60(61-50-27-11-2-12-28-50)45-48(43-59(46-60)64(55-37-21-7-22-38-55)56-39-23-8-24-40-56)47-41-57(62(51-29-13-3-14-30-51)52-31-15-4-16-32-52)44-58(42-47)63(53-33-17-5-18-34-53)54-35-19-6-20-36-54/h1-44,46,61H,45H2. The van der Waals surface area contributed by atoms with Gasteiger partial charge < -0.3 is 20.0 Å². The van der Waals surface area contributed by atoms with Gasteiger partial charge in [-0.05, 0) is 132 Å². The summed E-state index contributed by atoms with van der Waals surface area (Å²) in [5.74, 6) is 0. The molecule has 4 nitrogen and oxygen atoms in total. The minimum atomic E-state index is -0.656. The van der Waals surface area contributed by atoms with E-state index < -0.39 is 5.54 Å². The van der Waals surface area contributed by atoms with Crippen molar-refractivity contribution in [1.82, 2.24) is 0 Å². The molecule has 0 saturated carbocycles. The molecule has 1 N–H and O–H groups in total. The average Bonchev–Trinajstić information content (AvgIpc) is 3.37. The molecule has 0 saturated heterocycles. The molecule has 1 atom stereocenters. The monoisotopic (exact) mass is 824 g/mol. The predicted molar refractivity (Wildman–Crippen MR) is 270 cm³/mol. The molecule has 0 radical (unpaired) electrons. The van der Waals surface area contributed by atoms with E-state index in [0.717, 1.165) is 62.4 Å². The molecule has 0 bridgehead atoms. The molecule has 0 spiro atoms. The number of hydrogen-bond donors (Lipinski definition) is 1. The Morgan fingerprint density at radius 3 is 1.03 bits per heavy atom. The Hall–Kier alpha value is -8.34. The van der Waals surface area contributed by atoms with Crippen molar-refractivity contribution >= 4 is 56.8 Å². The van der Waals surface area contributed by atoms with E-state index >= 15 is 0 Å². The van der Waals surface area contributed by atoms with Crippen LogP contribution >= 0.6 is 0 Å². The average molecular weight is 825 g/mol. The van der Waals surface area contributed by atoms with Crippen LogP contribution in [-0.4, -0.2) is 0 Å². The molecule has 0 fully saturated rings. The zero-order valence-electron chi connectivity index (χ0n) is 35.5. The van der Waals surface area contributed by atoms with Crippen molar-refractivity contribution in [3.8, 4) is 0 Å². The van der Waals surface area contributed by atoms with Crippen LogP contribution < -0.4 is 20.0 Å². The molecule has 10 rings (SSSR count). The molecule has 0 heterocycles. The van der Waals surface area contributed by atoms with E-state index in [4.69, 9.17) is 0 Å². The summed E-state index contributed by atoms with van der Waals surface area (Å²) < 4.78 is 0. The van der Waals surface area contributed by atoms with Crippen LogP contribution in [0, 0.1) is 0 Å². The van der Waals surface area contributed by atoms with Gasteiger partial charge in [-0.25, -0.2) is 0 Å². The van der Waals surface area contributed by atoms with Crippen LogP contribution in [0.15, 0.2) is 279 Å². The third kappa shape index (κ3) is 8.46. The van der Waals surface area contributed by atoms with Gasteiger partial charge in [0.2, 0.25) is 0 Å². The number of allylic oxidation sites excluding steroid dienone is 1. The van der Waals surface area contributed by atoms with Crippen molar-refractivity contribution in [1.29, 1.82) is 0 Å². The van der Waals surface area contributed by atoms with Crippen LogP contribution in [-0.2, 0) is 5.54 Å². The van der Waals surface area contributed by atoms with E-state index in [1.807, 2.05) is 0 Å². The summed E-state index contributed by atoms with van der Waals surface area (Å²) in [6.45, 7) is 0. The maximum absolute atomic E-state index is 4.11. The molecular formula is C60H48N4. The Morgan fingerprint density at radius 2 is 0.656 bits per heavy atom. The Morgan fingerprint density at radius 1 is 0.328 bits per heavy atom. The molecule has 0 aliphatic heterocycles. The van der Waals surface area contributed by atoms with Gasteiger partial charge in [-0.2, -0.15) is 0 Å². The maximum Gasteiger partial charge on any atom is 0.0873 e. The van der Waals surface area contributed by atoms with Gasteiger partial charge in [-0.15, -0.1) is 0 Å². The summed E-state index contributed by atoms with van der Waals surface area (Å²) in [5.41, 5.74) is 13.5. The summed E-state index contributed by atoms with van der Waals surface area (Å²) in [6.07, 6.45) is 5.51. The first kappa shape index (κ1) is 39.8. The van der Waals surface area contributed by atoms with Crippen LogP contribution in [0.2, 0.25) is 0 Å². The van der Waals surface area contributed by atoms with Crippen LogP contribution in [0.4, 0.5) is 51.2 Å². The zero-order valence-corrected chi connectivity index (χ0v) is 35.5. The number of para-hydroxylation sites is 7. The summed E-state index contributed by atoms with van der Waals surface area (Å²) in [6, 6.07) is 92.7. The number of hydrogen-bond acceptors (Lipinski definition) is 4. The molecule has 9 aromatic rings. The molecule has 0 amide bonds. The lowest BCUT2D eigenvalue weighted by Crippen LogP contribution is -2.37. The lowest BCUT2D eigenvalue weighted by atomic mass is 9.77. The Bertz CT molecular complexity index is 2740. The fourth-order valence-corrected chi connectivity index (χ4v) is 8.88. The SMILES string of the molecule is C1=C(c2cc(N(c3ccccc3)c3ccccc3)cc(N(c3ccccc3)c3ccccc3)c2)CC(Nc2ccccc2)(c2ccccc2)C=C1N(c1ccccc1)c1ccccc1. The van der Waals surface area contributed by atoms with Crippen LogP contribution in [0.25, 0.3) is 5.57 Å². The van der Waals surface area contributed by atoms with Crippen molar-refractivity contribution < 1.29 is 0 Å². The molecule has 1 aliphatic rings. The third-order valence-electron chi connectivity index (χ3n) is 11.8. The third-order valence-corrected chi connectivity index (χ3v) is 11.8. The van der Waals surface area contributed by atoms with Crippen LogP contribution in [0.3, 0.4) is 0 Å². The van der Waals surface area contributed by atoms with Gasteiger partial charge in [-0.3, -0.25) is 0 Å². The first-order chi connectivity index (χ1) is 31.7. The lowest BCUT2D eigenvalue weighted by molar-refractivity contribution is 0.621. The highest BCUT2D eigenvalue weighted by Crippen LogP contribution is 2.48. The first-order valence-electron chi connectivity index (χ1n) is 21.9. The topological polar surface area (TPSA) is 21.8 Å². The Balaban J connectivity index is 1.26. The maximum atomic E-state index is 4.11. The summed E-state index contributed by atoms with van der Waals surface area (Å²) in [5, 5.41) is 4.11. The molecule has 0 aromatic heterocycles. The molecule has 1 unspecified atom stereocenters. The van der Waals surface area contributed by atoms with E-state index in [1.165, 1.54) is 11.1 Å². The summed E-state index contributed by atoms with van der Waals surface area (Å²) >= 11 is 0. The van der Waals surface area contributed by atoms with Crippen molar-refractivity contribution in [3.63, 3.8) is 0 Å². The summed E-state index contributed by atoms with van der Waals surface area (Å²) in [4.78, 5) is 7.12. The van der Waals surface area contributed by atoms with E-state index in [0.29, 0.717) is 6.42 Å². The highest BCUT2D eigenvalue weighted by Gasteiger charge is 2.37. The summed E-state index contributed by atoms with van der Waals surface area (Å²) in [7, 11) is 0. The van der Waals surface area contributed by atoms with E-state index in [-0.39, 0.29) is 0 Å². The fourth-order valence-electron chi connectivity index (χ4n) is 8.88. The van der Waals surface area contributed by atoms with Gasteiger partial charge in [-0.1, -0.05) is 158 Å². The molecule has 1 aliphatic carbocycles. The molecule has 9 aromatic carbocycles. The smallest absolute Gasteiger partial charge is 0.0873 e. The highest BCUT2D eigenvalue weighted by atomic mass is 15.2. The predicted octanol–water partition coefficient (Wildman–Crippen LogP) is 16.1. The minimum absolute atomic E-state index is 0.656. The van der Waals surface area contributed by atoms with Gasteiger partial charge in [0.15, 0.2) is 0 Å². The van der Waals surface area contributed by atoms with Gasteiger partial charge in [0.1, 0.15) is 0 Å². The molecule has 64 heavy (non-hydrogen) atoms. The molecule has 308 valence electrons. The van der Waals surface area contributed by atoms with Crippen molar-refractivity contribution in [2.75, 3.05) is 20.0 Å². The van der Waals surface area contributed by atoms with E-state index in [9.17, 15) is 0 Å². The molecular weight excluding hydrogens is 777 g/mol. The largest absolute Gasteiger partial charge is 0.372 e. The van der Waals surface area contributed by atoms with Crippen molar-refractivity contribution in [3.05, 3.63) is 290 Å². The normalized spacial score (nSPS) is 14.4. The minimum Gasteiger partial charge on any atom is -0.372 e. The van der Waals surface area contributed by atoms with E-state index in [1.54, 1.807) is 0 Å². The lowest BCUT2D eigenvalue weighted by Gasteiger charge is -2.40. The zero-order chi connectivity index (χ0) is 43.0. The number of nitrogens with zero attached hydrogens (tertiary/aromatic N) is 3. The van der Waals surface area contributed by atoms with Crippen LogP contribution in [0.1, 0.15) is 17.5 Å². The number of rotatable bonds is 13. The van der Waals surface area contributed by atoms with Crippen molar-refractivity contribution in [2.45, 2.75) is 12.0 Å². The van der Waals surface area contributed by atoms with Crippen molar-refractivity contribution in [2.24, 2.45) is 0 Å². The number of benzene rings is 9. The fraction of sp³-hybridized carbons (Fsp3) is 0.0333.